The predicted molar refractivity (Wildman–Crippen MR) is 60.4 cm³/mol. The average Bonchev–Trinajstić information content (AvgIpc) is 2.29. The molecule has 0 aromatic heterocycles. The molecule has 0 saturated carbocycles. The maximum absolute atomic E-state index is 9.74. The predicted octanol–water partition coefficient (Wildman–Crippen LogP) is 2.16. The minimum atomic E-state index is 0.533. The van der Waals surface area contributed by atoms with E-state index in [1.54, 1.807) is 0 Å². The molecule has 1 unspecified atom stereocenters. The second-order valence-corrected chi connectivity index (χ2v) is 4.28. The van der Waals surface area contributed by atoms with Crippen molar-refractivity contribution < 1.29 is 9.53 Å². The van der Waals surface area contributed by atoms with Crippen LogP contribution in [0, 0.1) is 0 Å². The first-order chi connectivity index (χ1) is 7.43. The van der Waals surface area contributed by atoms with E-state index >= 15 is 0 Å². The third-order valence-electron chi connectivity index (χ3n) is 3.02. The van der Waals surface area contributed by atoms with Gasteiger partial charge in [0.05, 0.1) is 6.61 Å². The Morgan fingerprint density at radius 3 is 2.80 bits per heavy atom. The Kier molecular flexibility index (Phi) is 7.26. The van der Waals surface area contributed by atoms with Gasteiger partial charge >= 0.3 is 6.47 Å². The van der Waals surface area contributed by atoms with Crippen molar-refractivity contribution in [3.8, 4) is 0 Å². The smallest absolute Gasteiger partial charge is 0.417 e. The summed E-state index contributed by atoms with van der Waals surface area (Å²) in [5.74, 6) is 0. The van der Waals surface area contributed by atoms with Crippen LogP contribution in [0.3, 0.4) is 0 Å². The molecule has 1 aliphatic rings. The summed E-state index contributed by atoms with van der Waals surface area (Å²) >= 11 is 0. The molecule has 0 amide bonds. The minimum absolute atomic E-state index is 0.533. The minimum Gasteiger partial charge on any atom is -0.457 e. The molecule has 0 aromatic rings. The molecule has 1 radical (unpaired) electrons. The molecule has 1 atom stereocenters. The molecular formula is C12H22NO2. The molecule has 0 spiro atoms. The Bertz CT molecular complexity index is 156. The monoisotopic (exact) mass is 212 g/mol. The van der Waals surface area contributed by atoms with Crippen LogP contribution in [-0.2, 0) is 9.53 Å². The lowest BCUT2D eigenvalue weighted by Gasteiger charge is -2.23. The zero-order chi connectivity index (χ0) is 10.8. The lowest BCUT2D eigenvalue weighted by Crippen LogP contribution is -2.33. The molecular weight excluding hydrogens is 190 g/mol. The Hall–Kier alpha value is -0.570. The summed E-state index contributed by atoms with van der Waals surface area (Å²) in [5.41, 5.74) is 0. The molecule has 3 heteroatoms. The summed E-state index contributed by atoms with van der Waals surface area (Å²) in [6, 6.07) is 0.762. The third kappa shape index (κ3) is 6.50. The van der Waals surface area contributed by atoms with Crippen molar-refractivity contribution in [1.29, 1.82) is 0 Å². The van der Waals surface area contributed by atoms with Crippen molar-refractivity contribution in [2.24, 2.45) is 0 Å². The maximum Gasteiger partial charge on any atom is 0.417 e. The number of rotatable bonds is 8. The summed E-state index contributed by atoms with van der Waals surface area (Å²) in [6.07, 6.45) is 10.1. The lowest BCUT2D eigenvalue weighted by molar-refractivity contribution is 0.268. The van der Waals surface area contributed by atoms with Gasteiger partial charge in [0, 0.05) is 6.04 Å². The molecule has 15 heavy (non-hydrogen) atoms. The van der Waals surface area contributed by atoms with E-state index in [0.29, 0.717) is 6.61 Å². The van der Waals surface area contributed by atoms with E-state index in [0.717, 1.165) is 18.9 Å². The van der Waals surface area contributed by atoms with E-state index in [1.807, 2.05) is 0 Å². The molecule has 1 fully saturated rings. The van der Waals surface area contributed by atoms with Crippen molar-refractivity contribution in [1.82, 2.24) is 5.32 Å². The maximum atomic E-state index is 9.74. The van der Waals surface area contributed by atoms with E-state index in [4.69, 9.17) is 0 Å². The molecule has 1 N–H and O–H groups in total. The van der Waals surface area contributed by atoms with E-state index in [9.17, 15) is 4.79 Å². The van der Waals surface area contributed by atoms with Crippen LogP contribution in [-0.4, -0.2) is 25.7 Å². The van der Waals surface area contributed by atoms with Crippen LogP contribution in [0.1, 0.15) is 51.4 Å². The highest BCUT2D eigenvalue weighted by atomic mass is 16.5. The molecule has 1 rings (SSSR count). The van der Waals surface area contributed by atoms with Gasteiger partial charge in [0.15, 0.2) is 0 Å². The van der Waals surface area contributed by atoms with Gasteiger partial charge in [0.1, 0.15) is 0 Å². The lowest BCUT2D eigenvalue weighted by atomic mass is 9.99. The Morgan fingerprint density at radius 2 is 2.07 bits per heavy atom. The number of piperidine rings is 1. The van der Waals surface area contributed by atoms with Gasteiger partial charge in [-0.3, -0.25) is 0 Å². The highest BCUT2D eigenvalue weighted by molar-refractivity contribution is 5.37. The number of carbonyl (C=O) groups excluding carboxylic acids is 1. The van der Waals surface area contributed by atoms with Crippen LogP contribution in [0.2, 0.25) is 0 Å². The van der Waals surface area contributed by atoms with Gasteiger partial charge in [-0.2, -0.15) is 0 Å². The highest BCUT2D eigenvalue weighted by Gasteiger charge is 2.11. The average molecular weight is 212 g/mol. The summed E-state index contributed by atoms with van der Waals surface area (Å²) in [5, 5.41) is 3.55. The first-order valence-corrected chi connectivity index (χ1v) is 6.16. The summed E-state index contributed by atoms with van der Waals surface area (Å²) in [4.78, 5) is 9.74. The van der Waals surface area contributed by atoms with Gasteiger partial charge in [-0.1, -0.05) is 25.7 Å². The molecule has 1 aliphatic heterocycles. The van der Waals surface area contributed by atoms with Crippen LogP contribution in [0.4, 0.5) is 0 Å². The number of ether oxygens (including phenoxy) is 1. The van der Waals surface area contributed by atoms with E-state index < -0.39 is 0 Å². The van der Waals surface area contributed by atoms with Crippen molar-refractivity contribution in [3.05, 3.63) is 0 Å². The molecule has 0 aromatic carbocycles. The Labute approximate surface area is 92.6 Å². The fourth-order valence-electron chi connectivity index (χ4n) is 2.13. The van der Waals surface area contributed by atoms with E-state index in [1.165, 1.54) is 51.5 Å². The van der Waals surface area contributed by atoms with Crippen LogP contribution < -0.4 is 5.32 Å². The number of hydrogen-bond donors (Lipinski definition) is 1. The van der Waals surface area contributed by atoms with Crippen LogP contribution >= 0.6 is 0 Å². The van der Waals surface area contributed by atoms with Crippen molar-refractivity contribution in [2.75, 3.05) is 13.2 Å². The van der Waals surface area contributed by atoms with Gasteiger partial charge in [-0.25, -0.2) is 4.79 Å². The zero-order valence-corrected chi connectivity index (χ0v) is 9.46. The standard InChI is InChI=1S/C12H22NO2/c14-11-15-10-6-2-1-3-7-12-8-4-5-9-13-12/h12-13H,1-10H2. The van der Waals surface area contributed by atoms with Gasteiger partial charge < -0.3 is 10.1 Å². The first-order valence-electron chi connectivity index (χ1n) is 6.16. The van der Waals surface area contributed by atoms with E-state index in [2.05, 4.69) is 10.1 Å². The second kappa shape index (κ2) is 8.72. The van der Waals surface area contributed by atoms with Gasteiger partial charge in [-0.05, 0) is 32.2 Å². The molecule has 1 saturated heterocycles. The van der Waals surface area contributed by atoms with Gasteiger partial charge in [0.25, 0.3) is 0 Å². The van der Waals surface area contributed by atoms with Crippen molar-refractivity contribution in [2.45, 2.75) is 57.4 Å². The third-order valence-corrected chi connectivity index (χ3v) is 3.02. The molecule has 3 nitrogen and oxygen atoms in total. The largest absolute Gasteiger partial charge is 0.457 e. The van der Waals surface area contributed by atoms with Crippen LogP contribution in [0.5, 0.6) is 0 Å². The summed E-state index contributed by atoms with van der Waals surface area (Å²) in [6.45, 7) is 3.19. The normalized spacial score (nSPS) is 21.2. The quantitative estimate of drug-likeness (QED) is 0.627. The molecule has 87 valence electrons. The molecule has 1 heterocycles. The SMILES string of the molecule is O=[C]OCCCCCCC1CCCCN1. The zero-order valence-electron chi connectivity index (χ0n) is 9.46. The van der Waals surface area contributed by atoms with Gasteiger partial charge in [-0.15, -0.1) is 0 Å². The fourth-order valence-corrected chi connectivity index (χ4v) is 2.13. The number of unbranched alkanes of at least 4 members (excludes halogenated alkanes) is 3. The van der Waals surface area contributed by atoms with Crippen LogP contribution in [0.25, 0.3) is 0 Å². The second-order valence-electron chi connectivity index (χ2n) is 4.28. The summed E-state index contributed by atoms with van der Waals surface area (Å²) < 4.78 is 4.51. The Balaban J connectivity index is 1.81. The van der Waals surface area contributed by atoms with Crippen LogP contribution in [0.15, 0.2) is 0 Å². The fraction of sp³-hybridized carbons (Fsp3) is 0.917. The van der Waals surface area contributed by atoms with Gasteiger partial charge in [0.2, 0.25) is 0 Å². The number of nitrogens with one attached hydrogen (secondary N) is 1. The van der Waals surface area contributed by atoms with E-state index in [-0.39, 0.29) is 0 Å². The first kappa shape index (κ1) is 12.5. The highest BCUT2D eigenvalue weighted by Crippen LogP contribution is 2.13. The topological polar surface area (TPSA) is 38.3 Å². The van der Waals surface area contributed by atoms with Crippen molar-refractivity contribution in [3.63, 3.8) is 0 Å². The number of hydrogen-bond acceptors (Lipinski definition) is 3. The molecule has 0 bridgehead atoms. The van der Waals surface area contributed by atoms with Crippen molar-refractivity contribution >= 4 is 6.47 Å². The molecule has 0 aliphatic carbocycles. The summed E-state index contributed by atoms with van der Waals surface area (Å²) in [7, 11) is 0. The Morgan fingerprint density at radius 1 is 1.20 bits per heavy atom.